The SMILES string of the molecule is C=CS(=O)(=O)CCNC(=O)Nc1cc(S(=O)(=O)[O-])cc(N=N/C(=N\[N-]c2cc(SOO[O-])ccc2C(=O)O)c2ccc(S(=O)(=O)CCCl)cc2)c1O.[Cu+].[Na+].[Na+]. The van der Waals surface area contributed by atoms with Gasteiger partial charge in [-0.15, -0.1) is 27.5 Å². The number of azo groups is 1. The van der Waals surface area contributed by atoms with E-state index in [0.29, 0.717) is 29.6 Å². The van der Waals surface area contributed by atoms with E-state index in [0.717, 1.165) is 24.3 Å². The normalized spacial score (nSPS) is 11.7. The van der Waals surface area contributed by atoms with E-state index in [4.69, 9.17) is 11.6 Å². The average Bonchev–Trinajstić information content (AvgIpc) is 3.08. The zero-order valence-electron chi connectivity index (χ0n) is 28.2. The molecule has 0 radical (unpaired) electrons. The number of urea groups is 1. The minimum Gasteiger partial charge on any atom is -0.744 e. The quantitative estimate of drug-likeness (QED) is 0.0101. The molecule has 20 nitrogen and oxygen atoms in total. The first-order chi connectivity index (χ1) is 24.4. The van der Waals surface area contributed by atoms with E-state index in [1.807, 2.05) is 0 Å². The third kappa shape index (κ3) is 16.3. The molecule has 55 heavy (non-hydrogen) atoms. The van der Waals surface area contributed by atoms with Crippen LogP contribution < -0.4 is 75.0 Å². The number of carbonyl (C=O) groups is 2. The summed E-state index contributed by atoms with van der Waals surface area (Å²) in [5, 5.41) is 50.4. The second-order valence-electron chi connectivity index (χ2n) is 9.67. The van der Waals surface area contributed by atoms with Crippen LogP contribution in [-0.2, 0) is 56.2 Å². The summed E-state index contributed by atoms with van der Waals surface area (Å²) in [6.07, 6.45) is 0. The molecule has 290 valence electrons. The van der Waals surface area contributed by atoms with Crippen LogP contribution in [-0.4, -0.2) is 81.8 Å². The van der Waals surface area contributed by atoms with Crippen molar-refractivity contribution in [3.05, 3.63) is 83.1 Å². The van der Waals surface area contributed by atoms with Gasteiger partial charge in [0.25, 0.3) is 0 Å². The van der Waals surface area contributed by atoms with Crippen molar-refractivity contribution >= 4 is 88.3 Å². The maximum absolute atomic E-state index is 12.5. The number of amides is 2. The summed E-state index contributed by atoms with van der Waals surface area (Å²) in [6, 6.07) is 8.30. The molecule has 0 aliphatic heterocycles. The number of phenolic OH excluding ortho intramolecular Hbond substituents is 1. The molecule has 0 saturated heterocycles. The van der Waals surface area contributed by atoms with Crippen LogP contribution in [0.5, 0.6) is 5.75 Å². The van der Waals surface area contributed by atoms with Crippen LogP contribution in [0.25, 0.3) is 5.43 Å². The third-order valence-electron chi connectivity index (χ3n) is 6.21. The molecule has 2 amide bonds. The van der Waals surface area contributed by atoms with Crippen LogP contribution in [0.15, 0.2) is 96.6 Å². The van der Waals surface area contributed by atoms with Crippen molar-refractivity contribution in [2.24, 2.45) is 15.3 Å². The second-order valence-corrected chi connectivity index (χ2v) is 16.4. The molecule has 0 spiro atoms. The molecule has 0 aromatic heterocycles. The molecule has 0 fully saturated rings. The number of carboxylic acids is 1. The van der Waals surface area contributed by atoms with Crippen molar-refractivity contribution in [3.8, 4) is 5.75 Å². The molecule has 0 heterocycles. The second kappa shape index (κ2) is 23.9. The van der Waals surface area contributed by atoms with Crippen LogP contribution >= 0.6 is 23.6 Å². The van der Waals surface area contributed by atoms with Gasteiger partial charge in [0.15, 0.2) is 31.3 Å². The molecule has 3 aromatic carbocycles. The van der Waals surface area contributed by atoms with E-state index in [1.165, 1.54) is 18.2 Å². The van der Waals surface area contributed by atoms with Crippen LogP contribution in [0.2, 0.25) is 0 Å². The Labute approximate surface area is 378 Å². The molecule has 3 aromatic rings. The maximum Gasteiger partial charge on any atom is 1.00 e. The number of nitrogens with zero attached hydrogens (tertiary/aromatic N) is 4. The predicted octanol–water partition coefficient (Wildman–Crippen LogP) is -2.93. The molecule has 0 aliphatic rings. The Morgan fingerprint density at radius 2 is 1.65 bits per heavy atom. The van der Waals surface area contributed by atoms with E-state index in [1.54, 1.807) is 0 Å². The standard InChI is InChI=1S/C27H27ClN6O14S4.Cu.2Na/c1-2-50(40,41)12-10-29-27(38)30-22-14-19(52(44,45)46)15-23(24(22)35)32-34-25(16-3-6-18(7-4-16)51(42,43)11-9-28)33-31-21-13-17(49-48-47-39)5-8-20(21)26(36)37;;;/h2-8,13-15H,1,9-12H2,(H7,29,30,31,32,33,34,35,36,37,38,39,44,45,46);;;/q;3*+1/p-3. The first kappa shape index (κ1) is 52.9. The molecule has 0 unspecified atom stereocenters. The number of rotatable bonds is 17. The number of halogens is 1. The molecular formula is C27H24ClCuN6Na2O14S4. The Morgan fingerprint density at radius 1 is 1.00 bits per heavy atom. The van der Waals surface area contributed by atoms with Gasteiger partial charge in [-0.05, 0) is 48.5 Å². The van der Waals surface area contributed by atoms with Crippen LogP contribution in [0.1, 0.15) is 15.9 Å². The van der Waals surface area contributed by atoms with E-state index >= 15 is 0 Å². The summed E-state index contributed by atoms with van der Waals surface area (Å²) in [4.78, 5) is 23.2. The summed E-state index contributed by atoms with van der Waals surface area (Å²) in [6.45, 7) is 2.71. The number of nitrogens with one attached hydrogen (secondary N) is 2. The zero-order valence-corrected chi connectivity index (χ0v) is 37.2. The van der Waals surface area contributed by atoms with Crippen molar-refractivity contribution in [3.63, 3.8) is 0 Å². The van der Waals surface area contributed by atoms with Gasteiger partial charge in [0.1, 0.15) is 15.8 Å². The fraction of sp³-hybridized carbons (Fsp3) is 0.148. The molecule has 28 heteroatoms. The predicted molar refractivity (Wildman–Crippen MR) is 182 cm³/mol. The number of carboxylic acid groups (broad SMARTS) is 1. The van der Waals surface area contributed by atoms with E-state index in [9.17, 15) is 54.9 Å². The van der Waals surface area contributed by atoms with Crippen molar-refractivity contribution < 1.29 is 140 Å². The summed E-state index contributed by atoms with van der Waals surface area (Å²) in [5.74, 6) is -4.01. The van der Waals surface area contributed by atoms with Crippen molar-refractivity contribution in [2.75, 3.05) is 29.2 Å². The van der Waals surface area contributed by atoms with Gasteiger partial charge in [-0.1, -0.05) is 12.6 Å². The Morgan fingerprint density at radius 3 is 2.22 bits per heavy atom. The van der Waals surface area contributed by atoms with Gasteiger partial charge < -0.3 is 41.2 Å². The van der Waals surface area contributed by atoms with E-state index in [2.05, 4.69) is 47.3 Å². The fourth-order valence-corrected chi connectivity index (χ4v) is 6.77. The van der Waals surface area contributed by atoms with Crippen molar-refractivity contribution in [1.29, 1.82) is 0 Å². The smallest absolute Gasteiger partial charge is 0.744 e. The Hall–Kier alpha value is -2.14. The number of aromatic carboxylic acids is 1. The van der Waals surface area contributed by atoms with E-state index in [-0.39, 0.29) is 103 Å². The number of phenols is 1. The van der Waals surface area contributed by atoms with Crippen LogP contribution in [0.3, 0.4) is 0 Å². The maximum atomic E-state index is 12.5. The van der Waals surface area contributed by atoms with Gasteiger partial charge in [-0.2, -0.15) is 4.33 Å². The van der Waals surface area contributed by atoms with Gasteiger partial charge >= 0.3 is 88.2 Å². The number of benzene rings is 3. The summed E-state index contributed by atoms with van der Waals surface area (Å²) in [7, 11) is -12.8. The Kier molecular flexibility index (Phi) is 23.0. The number of carbonyl (C=O) groups excluding carboxylic acids is 1. The van der Waals surface area contributed by atoms with Crippen molar-refractivity contribution in [1.82, 2.24) is 5.32 Å². The molecule has 3 rings (SSSR count). The largest absolute Gasteiger partial charge is 1.00 e. The van der Waals surface area contributed by atoms with Gasteiger partial charge in [0.05, 0.1) is 39.0 Å². The van der Waals surface area contributed by atoms with Gasteiger partial charge in [-0.3, -0.25) is 5.04 Å². The van der Waals surface area contributed by atoms with Crippen LogP contribution in [0.4, 0.5) is 21.9 Å². The number of aromatic hydroxyl groups is 1. The monoisotopic (exact) mass is 928 g/mol. The average molecular weight is 930 g/mol. The third-order valence-corrected chi connectivity index (χ3v) is 11.0. The van der Waals surface area contributed by atoms with Crippen molar-refractivity contribution in [2.45, 2.75) is 14.7 Å². The molecule has 0 aliphatic carbocycles. The summed E-state index contributed by atoms with van der Waals surface area (Å²) >= 11 is 5.99. The zero-order chi connectivity index (χ0) is 38.7. The van der Waals surface area contributed by atoms with Crippen LogP contribution in [0, 0.1) is 0 Å². The molecule has 0 bridgehead atoms. The molecule has 0 atom stereocenters. The first-order valence-corrected chi connectivity index (χ1v) is 19.8. The molecular weight excluding hydrogens is 906 g/mol. The Bertz CT molecular complexity index is 2240. The number of hydrogen-bond acceptors (Lipinski definition) is 16. The van der Waals surface area contributed by atoms with Gasteiger partial charge in [0.2, 0.25) is 0 Å². The topological polar surface area (TPSA) is 317 Å². The summed E-state index contributed by atoms with van der Waals surface area (Å²) in [5.41, 5.74) is 1.76. The van der Waals surface area contributed by atoms with Gasteiger partial charge in [-0.25, -0.2) is 34.8 Å². The first-order valence-electron chi connectivity index (χ1n) is 13.7. The molecule has 0 saturated carbocycles. The number of amidine groups is 1. The van der Waals surface area contributed by atoms with E-state index < -0.39 is 93.3 Å². The summed E-state index contributed by atoms with van der Waals surface area (Å²) < 4.78 is 88.1. The minimum atomic E-state index is -5.26. The Balaban J connectivity index is 0.00000972. The number of hydrogen-bond donors (Lipinski definition) is 4. The molecule has 4 N–H and O–H groups in total. The fourth-order valence-electron chi connectivity index (χ4n) is 3.71. The minimum absolute atomic E-state index is 0. The van der Waals surface area contributed by atoms with Gasteiger partial charge in [0, 0.05) is 33.9 Å². The number of anilines is 1. The number of alkyl halides is 1. The number of sulfone groups is 2.